The Bertz CT molecular complexity index is 1180. The first-order chi connectivity index (χ1) is 18.2. The molecule has 3 amide bonds. The number of aryl methyl sites for hydroxylation is 2. The largest absolute Gasteiger partial charge is 0.472 e. The van der Waals surface area contributed by atoms with Crippen LogP contribution in [0.2, 0.25) is 0 Å². The number of phosphoric ester groups is 1. The molecule has 1 unspecified atom stereocenters. The van der Waals surface area contributed by atoms with Crippen LogP contribution in [0.1, 0.15) is 74.4 Å². The third-order valence-electron chi connectivity index (χ3n) is 5.28. The van der Waals surface area contributed by atoms with E-state index in [4.69, 9.17) is 9.26 Å². The Hall–Kier alpha value is -3.12. The fourth-order valence-corrected chi connectivity index (χ4v) is 4.35. The fourth-order valence-electron chi connectivity index (χ4n) is 3.59. The molecule has 4 N–H and O–H groups in total. The van der Waals surface area contributed by atoms with E-state index < -0.39 is 25.4 Å². The zero-order chi connectivity index (χ0) is 29.2. The third-order valence-corrected chi connectivity index (χ3v) is 6.38. The maximum atomic E-state index is 12.8. The van der Waals surface area contributed by atoms with E-state index in [1.165, 1.54) is 6.07 Å². The summed E-state index contributed by atoms with van der Waals surface area (Å²) in [6.45, 7) is 7.58. The maximum absolute atomic E-state index is 12.8. The highest BCUT2D eigenvalue weighted by Gasteiger charge is 2.20. The summed E-state index contributed by atoms with van der Waals surface area (Å²) in [4.78, 5) is 46.8. The summed E-state index contributed by atoms with van der Waals surface area (Å²) in [5, 5.41) is 8.23. The molecule has 0 bridgehead atoms. The second-order valence-electron chi connectivity index (χ2n) is 9.92. The summed E-state index contributed by atoms with van der Waals surface area (Å²) in [6.07, 6.45) is 5.53. The van der Waals surface area contributed by atoms with E-state index in [0.29, 0.717) is 35.7 Å². The van der Waals surface area contributed by atoms with Crippen LogP contribution in [0, 0.1) is 0 Å². The third kappa shape index (κ3) is 11.3. The zero-order valence-corrected chi connectivity index (χ0v) is 24.3. The lowest BCUT2D eigenvalue weighted by Gasteiger charge is -2.19. The molecule has 13 nitrogen and oxygen atoms in total. The van der Waals surface area contributed by atoms with Gasteiger partial charge >= 0.3 is 13.9 Å². The van der Waals surface area contributed by atoms with Gasteiger partial charge in [-0.05, 0) is 52.7 Å². The Labute approximate surface area is 228 Å². The molecule has 1 atom stereocenters. The van der Waals surface area contributed by atoms with Gasteiger partial charge in [-0.2, -0.15) is 0 Å². The number of amides is 3. The molecular formula is C25H40N5O8P. The van der Waals surface area contributed by atoms with Gasteiger partial charge in [0.2, 0.25) is 0 Å². The van der Waals surface area contributed by atoms with Crippen LogP contribution in [0.15, 0.2) is 24.5 Å². The van der Waals surface area contributed by atoms with Crippen LogP contribution >= 0.6 is 7.82 Å². The second-order valence-corrected chi connectivity index (χ2v) is 11.4. The maximum Gasteiger partial charge on any atom is 0.472 e. The Morgan fingerprint density at radius 1 is 0.897 bits per heavy atom. The van der Waals surface area contributed by atoms with Crippen molar-refractivity contribution >= 4 is 37.1 Å². The van der Waals surface area contributed by atoms with E-state index in [1.807, 2.05) is 0 Å². The van der Waals surface area contributed by atoms with Crippen LogP contribution in [0.4, 0.5) is 16.2 Å². The van der Waals surface area contributed by atoms with Gasteiger partial charge in [-0.3, -0.25) is 24.0 Å². The average molecular weight is 570 g/mol. The van der Waals surface area contributed by atoms with Crippen LogP contribution < -0.4 is 16.0 Å². The van der Waals surface area contributed by atoms with E-state index in [9.17, 15) is 23.8 Å². The minimum atomic E-state index is -3.95. The van der Waals surface area contributed by atoms with Crippen LogP contribution in [0.25, 0.3) is 0 Å². The van der Waals surface area contributed by atoms with Crippen molar-refractivity contribution in [3.05, 3.63) is 35.9 Å². The first kappa shape index (κ1) is 32.1. The van der Waals surface area contributed by atoms with E-state index >= 15 is 0 Å². The molecule has 2 rings (SSSR count). The molecule has 2 aromatic heterocycles. The zero-order valence-electron chi connectivity index (χ0n) is 23.4. The van der Waals surface area contributed by atoms with Crippen LogP contribution in [0.5, 0.6) is 0 Å². The van der Waals surface area contributed by atoms with Crippen molar-refractivity contribution in [3.63, 3.8) is 0 Å². The summed E-state index contributed by atoms with van der Waals surface area (Å²) in [5.74, 6) is -0.683. The number of rotatable bonds is 14. The number of aromatic nitrogens is 2. The molecule has 0 aliphatic carbocycles. The second kappa shape index (κ2) is 14.3. The molecular weight excluding hydrogens is 529 g/mol. The van der Waals surface area contributed by atoms with Gasteiger partial charge in [0, 0.05) is 33.0 Å². The van der Waals surface area contributed by atoms with Crippen molar-refractivity contribution in [3.8, 4) is 0 Å². The highest BCUT2D eigenvalue weighted by molar-refractivity contribution is 7.47. The number of nitrogens with zero attached hydrogens (tertiary/aromatic N) is 2. The Morgan fingerprint density at radius 2 is 1.46 bits per heavy atom. The molecule has 218 valence electrons. The van der Waals surface area contributed by atoms with Crippen molar-refractivity contribution < 1.29 is 37.6 Å². The van der Waals surface area contributed by atoms with Crippen LogP contribution in [0.3, 0.4) is 0 Å². The quantitative estimate of drug-likeness (QED) is 0.192. The highest BCUT2D eigenvalue weighted by atomic mass is 31.2. The van der Waals surface area contributed by atoms with Gasteiger partial charge in [0.1, 0.15) is 17.0 Å². The Kier molecular flexibility index (Phi) is 11.8. The summed E-state index contributed by atoms with van der Waals surface area (Å²) in [7, 11) is -0.565. The SMILES string of the molecule is CCOP(=O)(O)OCCCCCCNC(=O)c1cc(NC(=O)c2cc(NC(=O)OC(C)(C)C)cn2C)cn1C. The topological polar surface area (TPSA) is 162 Å². The van der Waals surface area contributed by atoms with Crippen molar-refractivity contribution in [1.29, 1.82) is 0 Å². The van der Waals surface area contributed by atoms with Crippen molar-refractivity contribution in [2.45, 2.75) is 59.0 Å². The molecule has 0 radical (unpaired) electrons. The number of phosphoric acid groups is 1. The van der Waals surface area contributed by atoms with E-state index in [2.05, 4.69) is 20.5 Å². The van der Waals surface area contributed by atoms with Gasteiger partial charge in [0.05, 0.1) is 24.6 Å². The van der Waals surface area contributed by atoms with E-state index in [0.717, 1.165) is 19.3 Å². The van der Waals surface area contributed by atoms with Gasteiger partial charge in [0.15, 0.2) is 0 Å². The van der Waals surface area contributed by atoms with Gasteiger partial charge in [0.25, 0.3) is 11.8 Å². The lowest BCUT2D eigenvalue weighted by Crippen LogP contribution is -2.27. The molecule has 0 spiro atoms. The number of carbonyl (C=O) groups excluding carboxylic acids is 3. The first-order valence-corrected chi connectivity index (χ1v) is 14.2. The molecule has 2 heterocycles. The number of nitrogens with one attached hydrogen (secondary N) is 3. The minimum Gasteiger partial charge on any atom is -0.444 e. The molecule has 0 saturated carbocycles. The molecule has 0 aromatic carbocycles. The summed E-state index contributed by atoms with van der Waals surface area (Å²) < 4.78 is 29.3. The lowest BCUT2D eigenvalue weighted by atomic mass is 10.2. The van der Waals surface area contributed by atoms with Crippen LogP contribution in [-0.2, 0) is 32.4 Å². The molecule has 0 aliphatic rings. The monoisotopic (exact) mass is 569 g/mol. The Morgan fingerprint density at radius 3 is 2.05 bits per heavy atom. The Balaban J connectivity index is 1.79. The smallest absolute Gasteiger partial charge is 0.444 e. The van der Waals surface area contributed by atoms with E-state index in [-0.39, 0.29) is 19.1 Å². The predicted octanol–water partition coefficient (Wildman–Crippen LogP) is 4.41. The van der Waals surface area contributed by atoms with E-state index in [1.54, 1.807) is 69.4 Å². The fraction of sp³-hybridized carbons (Fsp3) is 0.560. The van der Waals surface area contributed by atoms with Gasteiger partial charge in [-0.15, -0.1) is 0 Å². The average Bonchev–Trinajstić information content (AvgIpc) is 3.35. The summed E-state index contributed by atoms with van der Waals surface area (Å²) in [6, 6.07) is 3.11. The van der Waals surface area contributed by atoms with Gasteiger partial charge < -0.3 is 29.4 Å². The number of unbranched alkanes of at least 4 members (excludes halogenated alkanes) is 3. The number of hydrogen-bond donors (Lipinski definition) is 4. The van der Waals surface area contributed by atoms with Crippen molar-refractivity contribution in [2.75, 3.05) is 30.4 Å². The molecule has 14 heteroatoms. The van der Waals surface area contributed by atoms with Crippen LogP contribution in [-0.4, -0.2) is 57.3 Å². The normalized spacial score (nSPS) is 13.0. The minimum absolute atomic E-state index is 0.103. The lowest BCUT2D eigenvalue weighted by molar-refractivity contribution is 0.0635. The number of hydrogen-bond acceptors (Lipinski definition) is 7. The molecule has 0 aliphatic heterocycles. The predicted molar refractivity (Wildman–Crippen MR) is 147 cm³/mol. The van der Waals surface area contributed by atoms with Gasteiger partial charge in [-0.25, -0.2) is 9.36 Å². The molecule has 0 saturated heterocycles. The number of carbonyl (C=O) groups is 3. The highest BCUT2D eigenvalue weighted by Crippen LogP contribution is 2.42. The summed E-state index contributed by atoms with van der Waals surface area (Å²) in [5.41, 5.74) is 0.902. The molecule has 2 aromatic rings. The van der Waals surface area contributed by atoms with Crippen molar-refractivity contribution in [1.82, 2.24) is 14.5 Å². The number of ether oxygens (including phenoxy) is 1. The molecule has 39 heavy (non-hydrogen) atoms. The number of anilines is 2. The van der Waals surface area contributed by atoms with Crippen molar-refractivity contribution in [2.24, 2.45) is 14.1 Å². The molecule has 0 fully saturated rings. The standard InChI is InChI=1S/C25H40N5O8P/c1-7-36-39(34,35)37-13-11-9-8-10-12-26-22(31)20-14-18(16-29(20)5)27-23(32)21-15-19(17-30(21)6)28-24(33)38-25(2,3)4/h14-17H,7-13H2,1-6H3,(H,26,31)(H,27,32)(H,28,33)(H,34,35). The summed E-state index contributed by atoms with van der Waals surface area (Å²) >= 11 is 0. The first-order valence-electron chi connectivity index (χ1n) is 12.7. The van der Waals surface area contributed by atoms with Gasteiger partial charge in [-0.1, -0.05) is 12.8 Å².